The summed E-state index contributed by atoms with van der Waals surface area (Å²) in [7, 11) is 2.00. The molecule has 1 N–H and O–H groups in total. The lowest BCUT2D eigenvalue weighted by Crippen LogP contribution is -2.28. The third-order valence-electron chi connectivity index (χ3n) is 4.52. The fraction of sp³-hybridized carbons (Fsp3) is 0.647. The molecule has 1 atom stereocenters. The van der Waals surface area contributed by atoms with E-state index in [1.807, 2.05) is 13.1 Å². The quantitative estimate of drug-likeness (QED) is 0.781. The molecular formula is C17H25ClFN. The molecule has 1 fully saturated rings. The number of likely N-dealkylation sites (N-methyl/N-ethyl adjacent to an activating group) is 1. The molecule has 0 bridgehead atoms. The maximum absolute atomic E-state index is 13.5. The third-order valence-corrected chi connectivity index (χ3v) is 4.83. The molecule has 1 aliphatic carbocycles. The Bertz CT molecular complexity index is 415. The van der Waals surface area contributed by atoms with Crippen LogP contribution in [0.4, 0.5) is 4.39 Å². The molecule has 0 amide bonds. The monoisotopic (exact) mass is 297 g/mol. The van der Waals surface area contributed by atoms with Gasteiger partial charge in [-0.05, 0) is 49.9 Å². The summed E-state index contributed by atoms with van der Waals surface area (Å²) < 4.78 is 13.5. The van der Waals surface area contributed by atoms with Crippen molar-refractivity contribution in [3.05, 3.63) is 34.6 Å². The summed E-state index contributed by atoms with van der Waals surface area (Å²) in [6, 6.07) is 5.57. The fourth-order valence-corrected chi connectivity index (χ4v) is 3.33. The Morgan fingerprint density at radius 1 is 1.30 bits per heavy atom. The number of nitrogens with one attached hydrogen (secondary N) is 1. The summed E-state index contributed by atoms with van der Waals surface area (Å²) in [4.78, 5) is 0. The van der Waals surface area contributed by atoms with Crippen molar-refractivity contribution >= 4 is 11.6 Å². The zero-order valence-electron chi connectivity index (χ0n) is 12.3. The molecule has 112 valence electrons. The van der Waals surface area contributed by atoms with Crippen LogP contribution in [-0.4, -0.2) is 13.1 Å². The van der Waals surface area contributed by atoms with E-state index >= 15 is 0 Å². The molecule has 0 radical (unpaired) electrons. The standard InChI is InChI=1S/C17H25ClFN/c1-20-15(9-7-13-5-3-2-4-6-13)11-14-8-10-16(18)17(19)12-14/h8,10,12-13,15,20H,2-7,9,11H2,1H3. The Morgan fingerprint density at radius 3 is 2.70 bits per heavy atom. The molecule has 1 nitrogen and oxygen atoms in total. The molecule has 0 aliphatic heterocycles. The van der Waals surface area contributed by atoms with E-state index in [1.54, 1.807) is 12.1 Å². The Balaban J connectivity index is 1.83. The van der Waals surface area contributed by atoms with Gasteiger partial charge in [0.2, 0.25) is 0 Å². The van der Waals surface area contributed by atoms with Crippen molar-refractivity contribution in [2.75, 3.05) is 7.05 Å². The number of rotatable bonds is 6. The van der Waals surface area contributed by atoms with Crippen LogP contribution in [0.2, 0.25) is 5.02 Å². The lowest BCUT2D eigenvalue weighted by molar-refractivity contribution is 0.315. The van der Waals surface area contributed by atoms with Gasteiger partial charge in [0.25, 0.3) is 0 Å². The van der Waals surface area contributed by atoms with Crippen LogP contribution in [-0.2, 0) is 6.42 Å². The largest absolute Gasteiger partial charge is 0.317 e. The molecule has 0 heterocycles. The van der Waals surface area contributed by atoms with Crippen LogP contribution in [0.5, 0.6) is 0 Å². The lowest BCUT2D eigenvalue weighted by atomic mass is 9.84. The molecular weight excluding hydrogens is 273 g/mol. The minimum Gasteiger partial charge on any atom is -0.317 e. The molecule has 1 unspecified atom stereocenters. The van der Waals surface area contributed by atoms with Crippen molar-refractivity contribution in [2.45, 2.75) is 57.4 Å². The van der Waals surface area contributed by atoms with Crippen molar-refractivity contribution in [3.8, 4) is 0 Å². The maximum Gasteiger partial charge on any atom is 0.142 e. The van der Waals surface area contributed by atoms with E-state index in [-0.39, 0.29) is 10.8 Å². The Labute approximate surface area is 126 Å². The van der Waals surface area contributed by atoms with Gasteiger partial charge in [0.05, 0.1) is 5.02 Å². The smallest absolute Gasteiger partial charge is 0.142 e. The minimum atomic E-state index is -0.314. The molecule has 3 heteroatoms. The van der Waals surface area contributed by atoms with Gasteiger partial charge in [-0.3, -0.25) is 0 Å². The van der Waals surface area contributed by atoms with Crippen LogP contribution in [0.15, 0.2) is 18.2 Å². The van der Waals surface area contributed by atoms with Crippen molar-refractivity contribution in [1.82, 2.24) is 5.32 Å². The van der Waals surface area contributed by atoms with Gasteiger partial charge < -0.3 is 5.32 Å². The van der Waals surface area contributed by atoms with E-state index in [1.165, 1.54) is 44.9 Å². The molecule has 1 aliphatic rings. The Morgan fingerprint density at radius 2 is 2.05 bits per heavy atom. The van der Waals surface area contributed by atoms with E-state index in [0.29, 0.717) is 6.04 Å². The van der Waals surface area contributed by atoms with Crippen LogP contribution in [0, 0.1) is 11.7 Å². The molecule has 1 aromatic carbocycles. The van der Waals surface area contributed by atoms with Gasteiger partial charge in [0.1, 0.15) is 5.82 Å². The van der Waals surface area contributed by atoms with E-state index in [0.717, 1.165) is 17.9 Å². The summed E-state index contributed by atoms with van der Waals surface area (Å²) in [5.74, 6) is 0.591. The van der Waals surface area contributed by atoms with E-state index in [4.69, 9.17) is 11.6 Å². The Hall–Kier alpha value is -0.600. The lowest BCUT2D eigenvalue weighted by Gasteiger charge is -2.24. The van der Waals surface area contributed by atoms with Gasteiger partial charge in [-0.2, -0.15) is 0 Å². The first-order chi connectivity index (χ1) is 9.69. The zero-order chi connectivity index (χ0) is 14.4. The number of hydrogen-bond acceptors (Lipinski definition) is 1. The highest BCUT2D eigenvalue weighted by atomic mass is 35.5. The first-order valence-electron chi connectivity index (χ1n) is 7.80. The summed E-state index contributed by atoms with van der Waals surface area (Å²) in [5.41, 5.74) is 1.02. The van der Waals surface area contributed by atoms with Crippen LogP contribution >= 0.6 is 11.6 Å². The van der Waals surface area contributed by atoms with E-state index in [2.05, 4.69) is 5.32 Å². The highest BCUT2D eigenvalue weighted by Crippen LogP contribution is 2.28. The molecule has 0 aromatic heterocycles. The van der Waals surface area contributed by atoms with Crippen LogP contribution in [0.3, 0.4) is 0 Å². The molecule has 2 rings (SSSR count). The second kappa shape index (κ2) is 7.99. The van der Waals surface area contributed by atoms with Crippen LogP contribution in [0.25, 0.3) is 0 Å². The summed E-state index contributed by atoms with van der Waals surface area (Å²) in [6.45, 7) is 0. The molecule has 1 aromatic rings. The van der Waals surface area contributed by atoms with Crippen molar-refractivity contribution in [2.24, 2.45) is 5.92 Å². The number of halogens is 2. The third kappa shape index (κ3) is 4.75. The summed E-state index contributed by atoms with van der Waals surface area (Å²) >= 11 is 5.72. The van der Waals surface area contributed by atoms with Gasteiger partial charge in [-0.1, -0.05) is 49.8 Å². The van der Waals surface area contributed by atoms with Crippen molar-refractivity contribution in [3.63, 3.8) is 0 Å². The fourth-order valence-electron chi connectivity index (χ4n) is 3.21. The average Bonchev–Trinajstić information content (AvgIpc) is 2.48. The van der Waals surface area contributed by atoms with E-state index in [9.17, 15) is 4.39 Å². The van der Waals surface area contributed by atoms with E-state index < -0.39 is 0 Å². The predicted molar refractivity (Wildman–Crippen MR) is 83.8 cm³/mol. The highest BCUT2D eigenvalue weighted by Gasteiger charge is 2.16. The SMILES string of the molecule is CNC(CCC1CCCCC1)Cc1ccc(Cl)c(F)c1. The second-order valence-electron chi connectivity index (χ2n) is 6.02. The molecule has 1 saturated carbocycles. The average molecular weight is 298 g/mol. The van der Waals surface area contributed by atoms with Crippen LogP contribution in [0.1, 0.15) is 50.5 Å². The minimum absolute atomic E-state index is 0.206. The summed E-state index contributed by atoms with van der Waals surface area (Å²) in [6.07, 6.45) is 10.3. The molecule has 0 spiro atoms. The predicted octanol–water partition coefficient (Wildman–Crippen LogP) is 4.97. The molecule has 0 saturated heterocycles. The topological polar surface area (TPSA) is 12.0 Å². The van der Waals surface area contributed by atoms with Gasteiger partial charge >= 0.3 is 0 Å². The number of hydrogen-bond donors (Lipinski definition) is 1. The first-order valence-corrected chi connectivity index (χ1v) is 8.18. The first kappa shape index (κ1) is 15.8. The van der Waals surface area contributed by atoms with Gasteiger partial charge in [0, 0.05) is 6.04 Å². The van der Waals surface area contributed by atoms with Crippen LogP contribution < -0.4 is 5.32 Å². The normalized spacial score (nSPS) is 18.1. The van der Waals surface area contributed by atoms with Gasteiger partial charge in [0.15, 0.2) is 0 Å². The summed E-state index contributed by atoms with van der Waals surface area (Å²) in [5, 5.41) is 3.57. The van der Waals surface area contributed by atoms with Crippen molar-refractivity contribution in [1.29, 1.82) is 0 Å². The Kier molecular flexibility index (Phi) is 6.31. The van der Waals surface area contributed by atoms with Crippen molar-refractivity contribution < 1.29 is 4.39 Å². The zero-order valence-corrected chi connectivity index (χ0v) is 13.1. The molecule has 20 heavy (non-hydrogen) atoms. The number of benzene rings is 1. The van der Waals surface area contributed by atoms with Gasteiger partial charge in [-0.25, -0.2) is 4.39 Å². The highest BCUT2D eigenvalue weighted by molar-refractivity contribution is 6.30. The second-order valence-corrected chi connectivity index (χ2v) is 6.43. The maximum atomic E-state index is 13.5. The van der Waals surface area contributed by atoms with Gasteiger partial charge in [-0.15, -0.1) is 0 Å².